The van der Waals surface area contributed by atoms with Gasteiger partial charge in [-0.2, -0.15) is 0 Å². The maximum Gasteiger partial charge on any atom is 0.329 e. The summed E-state index contributed by atoms with van der Waals surface area (Å²) in [7, 11) is 1.63. The predicted octanol–water partition coefficient (Wildman–Crippen LogP) is 2.54. The molecule has 3 aromatic rings. The molecule has 132 valence electrons. The van der Waals surface area contributed by atoms with Crippen molar-refractivity contribution in [2.75, 3.05) is 11.1 Å². The van der Waals surface area contributed by atoms with Gasteiger partial charge in [0.2, 0.25) is 0 Å². The first-order valence-electron chi connectivity index (χ1n) is 8.04. The van der Waals surface area contributed by atoms with Crippen LogP contribution in [0.15, 0.2) is 45.1 Å². The molecular weight excluding hydrogens is 404 g/mol. The first-order chi connectivity index (χ1) is 12.1. The van der Waals surface area contributed by atoms with Crippen LogP contribution in [0.2, 0.25) is 0 Å². The van der Waals surface area contributed by atoms with E-state index in [4.69, 9.17) is 0 Å². The Hall–Kier alpha value is -1.80. The molecule has 0 saturated heterocycles. The number of benzene rings is 1. The topological polar surface area (TPSA) is 72.7 Å². The highest BCUT2D eigenvalue weighted by Gasteiger charge is 2.17. The van der Waals surface area contributed by atoms with Gasteiger partial charge in [-0.3, -0.25) is 14.3 Å². The quantitative estimate of drug-likeness (QED) is 0.360. The van der Waals surface area contributed by atoms with E-state index < -0.39 is 5.69 Å². The van der Waals surface area contributed by atoms with Crippen molar-refractivity contribution in [2.45, 2.75) is 24.5 Å². The Labute approximate surface area is 157 Å². The van der Waals surface area contributed by atoms with E-state index in [9.17, 15) is 9.59 Å². The summed E-state index contributed by atoms with van der Waals surface area (Å²) in [5.74, 6) is 0.895. The first kappa shape index (κ1) is 18.0. The molecule has 1 aromatic carbocycles. The smallest absolute Gasteiger partial charge is 0.313 e. The summed E-state index contributed by atoms with van der Waals surface area (Å²) in [4.78, 5) is 31.2. The number of halogens is 1. The Morgan fingerprint density at radius 2 is 2.00 bits per heavy atom. The highest BCUT2D eigenvalue weighted by atomic mass is 79.9. The number of imidazole rings is 1. The van der Waals surface area contributed by atoms with Crippen LogP contribution in [-0.2, 0) is 20.0 Å². The molecule has 2 aromatic heterocycles. The van der Waals surface area contributed by atoms with Crippen LogP contribution in [0.3, 0.4) is 0 Å². The predicted molar refractivity (Wildman–Crippen MR) is 105 cm³/mol. The highest BCUT2D eigenvalue weighted by Crippen LogP contribution is 2.23. The van der Waals surface area contributed by atoms with Gasteiger partial charge in [0.15, 0.2) is 16.3 Å². The van der Waals surface area contributed by atoms with Crippen LogP contribution in [-0.4, -0.2) is 30.2 Å². The van der Waals surface area contributed by atoms with Gasteiger partial charge in [0.1, 0.15) is 0 Å². The van der Waals surface area contributed by atoms with Gasteiger partial charge in [0, 0.05) is 24.7 Å². The Morgan fingerprint density at radius 3 is 2.72 bits per heavy atom. The first-order valence-corrected chi connectivity index (χ1v) is 10.1. The van der Waals surface area contributed by atoms with Crippen molar-refractivity contribution in [1.82, 2.24) is 19.1 Å². The fourth-order valence-electron chi connectivity index (χ4n) is 2.64. The average Bonchev–Trinajstić information content (AvgIpc) is 2.98. The fraction of sp³-hybridized carbons (Fsp3) is 0.353. The van der Waals surface area contributed by atoms with Crippen LogP contribution in [0.1, 0.15) is 12.0 Å². The van der Waals surface area contributed by atoms with Gasteiger partial charge < -0.3 is 4.57 Å². The Kier molecular flexibility index (Phi) is 5.80. The molecule has 8 heteroatoms. The maximum absolute atomic E-state index is 12.4. The SMILES string of the molecule is Cn1c(=O)[nH]c(=O)c2c1nc(SCCCBr)n2CCc1ccccc1. The fourth-order valence-corrected chi connectivity index (χ4v) is 4.25. The minimum atomic E-state index is -0.442. The lowest BCUT2D eigenvalue weighted by molar-refractivity contribution is 0.650. The van der Waals surface area contributed by atoms with Crippen molar-refractivity contribution in [3.63, 3.8) is 0 Å². The number of nitrogens with zero attached hydrogens (tertiary/aromatic N) is 3. The molecule has 0 spiro atoms. The van der Waals surface area contributed by atoms with E-state index in [1.807, 2.05) is 22.8 Å². The molecule has 6 nitrogen and oxygen atoms in total. The molecule has 25 heavy (non-hydrogen) atoms. The lowest BCUT2D eigenvalue weighted by atomic mass is 10.1. The van der Waals surface area contributed by atoms with Crippen molar-refractivity contribution in [2.24, 2.45) is 7.05 Å². The molecule has 3 rings (SSSR count). The lowest BCUT2D eigenvalue weighted by Crippen LogP contribution is -2.29. The summed E-state index contributed by atoms with van der Waals surface area (Å²) in [6.07, 6.45) is 1.79. The van der Waals surface area contributed by atoms with Crippen molar-refractivity contribution in [3.8, 4) is 0 Å². The average molecular weight is 423 g/mol. The Balaban J connectivity index is 2.03. The van der Waals surface area contributed by atoms with Gasteiger partial charge in [0.25, 0.3) is 5.56 Å². The third-order valence-electron chi connectivity index (χ3n) is 3.95. The second-order valence-corrected chi connectivity index (χ2v) is 7.52. The summed E-state index contributed by atoms with van der Waals surface area (Å²) in [6.45, 7) is 0.637. The molecule has 0 aliphatic rings. The number of aromatic amines is 1. The van der Waals surface area contributed by atoms with Gasteiger partial charge in [-0.1, -0.05) is 58.0 Å². The number of H-pyrrole nitrogens is 1. The molecule has 1 N–H and O–H groups in total. The standard InChI is InChI=1S/C17H19BrN4O2S/c1-21-14-13(15(23)20-16(21)24)22(17(19-14)25-11-5-9-18)10-8-12-6-3-2-4-7-12/h2-4,6-7H,5,8-11H2,1H3,(H,20,23,24). The van der Waals surface area contributed by atoms with Crippen molar-refractivity contribution >= 4 is 38.9 Å². The number of fused-ring (bicyclic) bond motifs is 1. The van der Waals surface area contributed by atoms with E-state index >= 15 is 0 Å². The van der Waals surface area contributed by atoms with Crippen LogP contribution in [0, 0.1) is 0 Å². The number of nitrogens with one attached hydrogen (secondary N) is 1. The monoisotopic (exact) mass is 422 g/mol. The maximum atomic E-state index is 12.4. The number of hydrogen-bond acceptors (Lipinski definition) is 4. The van der Waals surface area contributed by atoms with E-state index in [2.05, 4.69) is 38.0 Å². The molecule has 0 aliphatic carbocycles. The van der Waals surface area contributed by atoms with Crippen molar-refractivity contribution < 1.29 is 0 Å². The van der Waals surface area contributed by atoms with Crippen molar-refractivity contribution in [3.05, 3.63) is 56.7 Å². The molecule has 0 fully saturated rings. The van der Waals surface area contributed by atoms with Gasteiger partial charge in [-0.05, 0) is 18.4 Å². The van der Waals surface area contributed by atoms with Crippen LogP contribution in [0.4, 0.5) is 0 Å². The van der Waals surface area contributed by atoms with Gasteiger partial charge >= 0.3 is 5.69 Å². The van der Waals surface area contributed by atoms with Crippen LogP contribution >= 0.6 is 27.7 Å². The van der Waals surface area contributed by atoms with E-state index in [1.165, 1.54) is 10.1 Å². The van der Waals surface area contributed by atoms with Gasteiger partial charge in [-0.25, -0.2) is 9.78 Å². The summed E-state index contributed by atoms with van der Waals surface area (Å²) >= 11 is 5.04. The van der Waals surface area contributed by atoms with Gasteiger partial charge in [-0.15, -0.1) is 0 Å². The van der Waals surface area contributed by atoms with Crippen LogP contribution in [0.25, 0.3) is 11.2 Å². The van der Waals surface area contributed by atoms with E-state index in [1.54, 1.807) is 18.8 Å². The van der Waals surface area contributed by atoms with E-state index in [-0.39, 0.29) is 5.56 Å². The summed E-state index contributed by atoms with van der Waals surface area (Å²) in [5.41, 5.74) is 1.26. The molecule has 0 amide bonds. The summed E-state index contributed by atoms with van der Waals surface area (Å²) in [6, 6.07) is 10.1. The minimum absolute atomic E-state index is 0.383. The Morgan fingerprint density at radius 1 is 1.24 bits per heavy atom. The molecular formula is C17H19BrN4O2S. The Bertz CT molecular complexity index is 978. The zero-order valence-corrected chi connectivity index (χ0v) is 16.3. The number of aryl methyl sites for hydroxylation is 3. The second-order valence-electron chi connectivity index (χ2n) is 5.66. The van der Waals surface area contributed by atoms with Crippen LogP contribution < -0.4 is 11.2 Å². The number of thioether (sulfide) groups is 1. The summed E-state index contributed by atoms with van der Waals surface area (Å²) < 4.78 is 3.32. The number of rotatable bonds is 7. The molecule has 0 aliphatic heterocycles. The van der Waals surface area contributed by atoms with Gasteiger partial charge in [0.05, 0.1) is 0 Å². The zero-order chi connectivity index (χ0) is 17.8. The van der Waals surface area contributed by atoms with E-state index in [0.717, 1.165) is 29.1 Å². The lowest BCUT2D eigenvalue weighted by Gasteiger charge is -2.08. The minimum Gasteiger partial charge on any atom is -0.313 e. The molecule has 0 atom stereocenters. The molecule has 0 unspecified atom stereocenters. The molecule has 0 bridgehead atoms. The largest absolute Gasteiger partial charge is 0.329 e. The molecule has 0 saturated carbocycles. The third kappa shape index (κ3) is 3.90. The number of alkyl halides is 1. The molecule has 2 heterocycles. The van der Waals surface area contributed by atoms with E-state index in [0.29, 0.717) is 17.7 Å². The number of hydrogen-bond donors (Lipinski definition) is 1. The van der Waals surface area contributed by atoms with Crippen LogP contribution in [0.5, 0.6) is 0 Å². The second kappa shape index (κ2) is 8.05. The highest BCUT2D eigenvalue weighted by molar-refractivity contribution is 9.09. The number of aromatic nitrogens is 4. The molecule has 0 radical (unpaired) electrons. The van der Waals surface area contributed by atoms with Crippen molar-refractivity contribution in [1.29, 1.82) is 0 Å². The third-order valence-corrected chi connectivity index (χ3v) is 5.57. The zero-order valence-electron chi connectivity index (χ0n) is 13.9. The summed E-state index contributed by atoms with van der Waals surface area (Å²) in [5, 5.41) is 1.70. The normalized spacial score (nSPS) is 11.3.